The zero-order chi connectivity index (χ0) is 22.5. The summed E-state index contributed by atoms with van der Waals surface area (Å²) in [5.41, 5.74) is 1.33. The van der Waals surface area contributed by atoms with Gasteiger partial charge in [0.1, 0.15) is 5.75 Å². The average molecular weight is 422 g/mol. The molecule has 1 N–H and O–H groups in total. The SMILES string of the molecule is CCCCCOc1ccc(C(=O)CCC(=O)OCC(=O)Nc2cccc(C#N)c2)cc1. The topological polar surface area (TPSA) is 105 Å². The molecular weight excluding hydrogens is 396 g/mol. The molecule has 0 unspecified atom stereocenters. The van der Waals surface area contributed by atoms with E-state index in [1.165, 1.54) is 6.07 Å². The van der Waals surface area contributed by atoms with Crippen LogP contribution in [0.3, 0.4) is 0 Å². The molecule has 2 aromatic carbocycles. The third-order valence-corrected chi connectivity index (χ3v) is 4.39. The second kappa shape index (κ2) is 12.8. The standard InChI is InChI=1S/C24H26N2O5/c1-2-3-4-14-30-21-10-8-19(9-11-21)22(27)12-13-24(29)31-17-23(28)26-20-7-5-6-18(15-20)16-25/h5-11,15H,2-4,12-14,17H2,1H3,(H,26,28). The van der Waals surface area contributed by atoms with Crippen LogP contribution in [0.5, 0.6) is 5.75 Å². The minimum Gasteiger partial charge on any atom is -0.494 e. The van der Waals surface area contributed by atoms with Crippen LogP contribution >= 0.6 is 0 Å². The number of benzene rings is 2. The van der Waals surface area contributed by atoms with E-state index in [-0.39, 0.29) is 18.6 Å². The number of rotatable bonds is 12. The van der Waals surface area contributed by atoms with Crippen LogP contribution in [-0.2, 0) is 14.3 Å². The van der Waals surface area contributed by atoms with Crippen LogP contribution < -0.4 is 10.1 Å². The Morgan fingerprint density at radius 3 is 2.52 bits per heavy atom. The highest BCUT2D eigenvalue weighted by atomic mass is 16.5. The van der Waals surface area contributed by atoms with Gasteiger partial charge in [-0.3, -0.25) is 14.4 Å². The van der Waals surface area contributed by atoms with Gasteiger partial charge in [-0.05, 0) is 48.9 Å². The first kappa shape index (κ1) is 23.6. The van der Waals surface area contributed by atoms with Gasteiger partial charge in [-0.15, -0.1) is 0 Å². The maximum Gasteiger partial charge on any atom is 0.306 e. The lowest BCUT2D eigenvalue weighted by molar-refractivity contribution is -0.147. The molecule has 0 aliphatic heterocycles. The smallest absolute Gasteiger partial charge is 0.306 e. The molecule has 0 heterocycles. The number of unbranched alkanes of at least 4 members (excludes halogenated alkanes) is 2. The van der Waals surface area contributed by atoms with Crippen molar-refractivity contribution in [3.05, 3.63) is 59.7 Å². The molecule has 0 bridgehead atoms. The van der Waals surface area contributed by atoms with Crippen molar-refractivity contribution in [2.45, 2.75) is 39.0 Å². The van der Waals surface area contributed by atoms with E-state index in [1.807, 2.05) is 6.07 Å². The largest absolute Gasteiger partial charge is 0.494 e. The third kappa shape index (κ3) is 8.70. The zero-order valence-corrected chi connectivity index (χ0v) is 17.6. The summed E-state index contributed by atoms with van der Waals surface area (Å²) in [6, 6.07) is 15.2. The van der Waals surface area contributed by atoms with Crippen LogP contribution in [-0.4, -0.2) is 30.9 Å². The Labute approximate surface area is 182 Å². The van der Waals surface area contributed by atoms with E-state index in [0.29, 0.717) is 29.2 Å². The number of ether oxygens (including phenoxy) is 2. The molecule has 0 aliphatic carbocycles. The average Bonchev–Trinajstić information content (AvgIpc) is 2.79. The summed E-state index contributed by atoms with van der Waals surface area (Å²) >= 11 is 0. The van der Waals surface area contributed by atoms with Gasteiger partial charge >= 0.3 is 5.97 Å². The Balaban J connectivity index is 1.69. The van der Waals surface area contributed by atoms with Gasteiger partial charge in [0.05, 0.1) is 24.7 Å². The molecule has 2 rings (SSSR count). The number of hydrogen-bond donors (Lipinski definition) is 1. The predicted molar refractivity (Wildman–Crippen MR) is 116 cm³/mol. The van der Waals surface area contributed by atoms with Crippen molar-refractivity contribution < 1.29 is 23.9 Å². The van der Waals surface area contributed by atoms with Crippen molar-refractivity contribution in [1.29, 1.82) is 5.26 Å². The van der Waals surface area contributed by atoms with Crippen molar-refractivity contribution in [3.63, 3.8) is 0 Å². The number of nitrogens with zero attached hydrogens (tertiary/aromatic N) is 1. The molecule has 0 saturated carbocycles. The molecule has 0 aromatic heterocycles. The van der Waals surface area contributed by atoms with Crippen molar-refractivity contribution in [3.8, 4) is 11.8 Å². The lowest BCUT2D eigenvalue weighted by Gasteiger charge is -2.08. The van der Waals surface area contributed by atoms with Crippen molar-refractivity contribution in [2.24, 2.45) is 0 Å². The normalized spacial score (nSPS) is 10.1. The van der Waals surface area contributed by atoms with Gasteiger partial charge in [0.15, 0.2) is 12.4 Å². The number of amides is 1. The van der Waals surface area contributed by atoms with Crippen LogP contribution in [0, 0.1) is 11.3 Å². The summed E-state index contributed by atoms with van der Waals surface area (Å²) in [5.74, 6) is -0.639. The Hall–Kier alpha value is -3.66. The van der Waals surface area contributed by atoms with Crippen LogP contribution in [0.2, 0.25) is 0 Å². The van der Waals surface area contributed by atoms with E-state index in [2.05, 4.69) is 12.2 Å². The number of nitrogens with one attached hydrogen (secondary N) is 1. The Morgan fingerprint density at radius 1 is 1.03 bits per heavy atom. The van der Waals surface area contributed by atoms with E-state index in [4.69, 9.17) is 14.7 Å². The summed E-state index contributed by atoms with van der Waals surface area (Å²) in [5, 5.41) is 11.4. The maximum atomic E-state index is 12.2. The minimum absolute atomic E-state index is 0.0125. The first-order chi connectivity index (χ1) is 15.0. The van der Waals surface area contributed by atoms with E-state index < -0.39 is 18.5 Å². The van der Waals surface area contributed by atoms with Gasteiger partial charge in [-0.2, -0.15) is 5.26 Å². The van der Waals surface area contributed by atoms with Gasteiger partial charge in [-0.1, -0.05) is 25.8 Å². The Kier molecular flexibility index (Phi) is 9.76. The number of esters is 1. The van der Waals surface area contributed by atoms with Crippen LogP contribution in [0.4, 0.5) is 5.69 Å². The number of Topliss-reactive ketones (excluding diaryl/α,β-unsaturated/α-hetero) is 1. The maximum absolute atomic E-state index is 12.2. The molecule has 0 atom stereocenters. The first-order valence-electron chi connectivity index (χ1n) is 10.2. The number of carbonyl (C=O) groups excluding carboxylic acids is 3. The van der Waals surface area contributed by atoms with E-state index in [0.717, 1.165) is 19.3 Å². The number of hydrogen-bond acceptors (Lipinski definition) is 6. The molecule has 0 radical (unpaired) electrons. The molecule has 7 heteroatoms. The van der Waals surface area contributed by atoms with Gasteiger partial charge in [0.2, 0.25) is 0 Å². The first-order valence-corrected chi connectivity index (χ1v) is 10.2. The highest BCUT2D eigenvalue weighted by Gasteiger charge is 2.12. The van der Waals surface area contributed by atoms with Gasteiger partial charge in [0.25, 0.3) is 5.91 Å². The van der Waals surface area contributed by atoms with E-state index in [9.17, 15) is 14.4 Å². The molecule has 7 nitrogen and oxygen atoms in total. The fourth-order valence-corrected chi connectivity index (χ4v) is 2.72. The fourth-order valence-electron chi connectivity index (χ4n) is 2.72. The molecule has 31 heavy (non-hydrogen) atoms. The highest BCUT2D eigenvalue weighted by Crippen LogP contribution is 2.15. The monoisotopic (exact) mass is 422 g/mol. The van der Waals surface area contributed by atoms with Crippen LogP contribution in [0.1, 0.15) is 54.9 Å². The summed E-state index contributed by atoms with van der Waals surface area (Å²) in [6.45, 7) is 2.31. The molecule has 0 aliphatic rings. The molecule has 0 saturated heterocycles. The molecule has 0 fully saturated rings. The molecular formula is C24H26N2O5. The second-order valence-corrected chi connectivity index (χ2v) is 6.90. The van der Waals surface area contributed by atoms with Crippen molar-refractivity contribution >= 4 is 23.3 Å². The summed E-state index contributed by atoms with van der Waals surface area (Å²) in [6.07, 6.45) is 3.10. The zero-order valence-electron chi connectivity index (χ0n) is 17.6. The minimum atomic E-state index is -0.634. The van der Waals surface area contributed by atoms with Gasteiger partial charge in [0, 0.05) is 17.7 Å². The summed E-state index contributed by atoms with van der Waals surface area (Å²) in [4.78, 5) is 36.0. The number of nitriles is 1. The molecule has 2 aromatic rings. The Bertz CT molecular complexity index is 932. The van der Waals surface area contributed by atoms with E-state index >= 15 is 0 Å². The molecule has 1 amide bonds. The van der Waals surface area contributed by atoms with Gasteiger partial charge in [-0.25, -0.2) is 0 Å². The van der Waals surface area contributed by atoms with Gasteiger partial charge < -0.3 is 14.8 Å². The lowest BCUT2D eigenvalue weighted by atomic mass is 10.1. The van der Waals surface area contributed by atoms with E-state index in [1.54, 1.807) is 42.5 Å². The molecule has 0 spiro atoms. The van der Waals surface area contributed by atoms with Crippen LogP contribution in [0.25, 0.3) is 0 Å². The Morgan fingerprint density at radius 2 is 1.81 bits per heavy atom. The lowest BCUT2D eigenvalue weighted by Crippen LogP contribution is -2.21. The predicted octanol–water partition coefficient (Wildman–Crippen LogP) is 4.27. The summed E-state index contributed by atoms with van der Waals surface area (Å²) in [7, 11) is 0. The number of ketones is 1. The number of carbonyl (C=O) groups is 3. The highest BCUT2D eigenvalue weighted by molar-refractivity contribution is 5.98. The van der Waals surface area contributed by atoms with Crippen molar-refractivity contribution in [2.75, 3.05) is 18.5 Å². The van der Waals surface area contributed by atoms with Crippen LogP contribution in [0.15, 0.2) is 48.5 Å². The fraction of sp³-hybridized carbons (Fsp3) is 0.333. The number of anilines is 1. The third-order valence-electron chi connectivity index (χ3n) is 4.39. The molecule has 162 valence electrons. The van der Waals surface area contributed by atoms with Crippen molar-refractivity contribution in [1.82, 2.24) is 0 Å². The quantitative estimate of drug-likeness (QED) is 0.311. The summed E-state index contributed by atoms with van der Waals surface area (Å²) < 4.78 is 10.5. The second-order valence-electron chi connectivity index (χ2n) is 6.90.